The van der Waals surface area contributed by atoms with Crippen molar-refractivity contribution >= 4 is 23.5 Å². The number of benzene rings is 2. The maximum atomic E-state index is 11.2. The van der Waals surface area contributed by atoms with Crippen LogP contribution in [-0.4, -0.2) is 35.4 Å². The average Bonchev–Trinajstić information content (AvgIpc) is 3.11. The number of aliphatic carboxylic acids is 2. The molecule has 2 aromatic carbocycles. The first kappa shape index (κ1) is 21.9. The van der Waals surface area contributed by atoms with Gasteiger partial charge in [0.2, 0.25) is 0 Å². The van der Waals surface area contributed by atoms with Gasteiger partial charge in [-0.25, -0.2) is 0 Å². The van der Waals surface area contributed by atoms with Gasteiger partial charge in [-0.15, -0.1) is 0 Å². The van der Waals surface area contributed by atoms with E-state index in [9.17, 15) is 24.9 Å². The number of hydrogen-bond donors (Lipinski definition) is 2. The molecule has 9 heteroatoms. The molecule has 1 heterocycles. The highest BCUT2D eigenvalue weighted by atomic mass is 35.5. The van der Waals surface area contributed by atoms with Crippen molar-refractivity contribution in [3.63, 3.8) is 0 Å². The second-order valence-corrected chi connectivity index (χ2v) is 7.53. The van der Waals surface area contributed by atoms with Gasteiger partial charge in [0.1, 0.15) is 11.9 Å². The Balaban J connectivity index is 1.54. The highest BCUT2D eigenvalue weighted by molar-refractivity contribution is 6.30. The molecule has 0 spiro atoms. The maximum Gasteiger partial charge on any atom is 0.335 e. The van der Waals surface area contributed by atoms with Crippen molar-refractivity contribution in [2.24, 2.45) is 0 Å². The number of aliphatic hydroxyl groups is 1. The molecule has 2 unspecified atom stereocenters. The lowest BCUT2D eigenvalue weighted by atomic mass is 10.0. The number of fused-ring (bicyclic) bond motifs is 1. The molecule has 3 rings (SSSR count). The minimum absolute atomic E-state index is 0.00195. The number of rotatable bonds is 9. The zero-order chi connectivity index (χ0) is 21.9. The lowest BCUT2D eigenvalue weighted by molar-refractivity contribution is -0.362. The Morgan fingerprint density at radius 1 is 1.13 bits per heavy atom. The number of aliphatic hydroxyl groups excluding tert-OH is 1. The Bertz CT molecular complexity index is 935. The minimum atomic E-state index is -2.98. The van der Waals surface area contributed by atoms with Gasteiger partial charge in [-0.05, 0) is 55.2 Å². The Labute approximate surface area is 178 Å². The van der Waals surface area contributed by atoms with Gasteiger partial charge in [-0.3, -0.25) is 0 Å². The predicted octanol–water partition coefficient (Wildman–Crippen LogP) is -0.0484. The summed E-state index contributed by atoms with van der Waals surface area (Å²) in [5, 5.41) is 36.4. The Hall–Kier alpha value is -2.81. The van der Waals surface area contributed by atoms with Crippen molar-refractivity contribution in [3.05, 3.63) is 58.6 Å². The molecular formula is C21H20ClNO7-2. The molecule has 0 saturated heterocycles. The van der Waals surface area contributed by atoms with Crippen LogP contribution in [0, 0.1) is 0 Å². The third kappa shape index (κ3) is 4.67. The van der Waals surface area contributed by atoms with E-state index in [0.717, 1.165) is 11.1 Å². The Kier molecular flexibility index (Phi) is 6.50. The van der Waals surface area contributed by atoms with Crippen LogP contribution in [0.25, 0.3) is 0 Å². The fraction of sp³-hybridized carbons (Fsp3) is 0.333. The molecule has 2 aromatic rings. The zero-order valence-electron chi connectivity index (χ0n) is 16.1. The number of hydrogen-bond acceptors (Lipinski definition) is 8. The van der Waals surface area contributed by atoms with E-state index in [4.69, 9.17) is 21.1 Å². The van der Waals surface area contributed by atoms with Crippen LogP contribution in [0.1, 0.15) is 30.6 Å². The van der Waals surface area contributed by atoms with Gasteiger partial charge in [-0.1, -0.05) is 29.8 Å². The van der Waals surface area contributed by atoms with Crippen LogP contribution in [0.15, 0.2) is 42.5 Å². The molecule has 0 radical (unpaired) electrons. The molecule has 0 amide bonds. The van der Waals surface area contributed by atoms with Crippen LogP contribution >= 0.6 is 11.6 Å². The molecule has 0 aromatic heterocycles. The molecule has 2 N–H and O–H groups in total. The number of carboxylic acid groups (broad SMARTS) is 2. The average molecular weight is 434 g/mol. The quantitative estimate of drug-likeness (QED) is 0.526. The summed E-state index contributed by atoms with van der Waals surface area (Å²) in [5.74, 6) is -7.08. The van der Waals surface area contributed by atoms with E-state index in [1.54, 1.807) is 30.3 Å². The Morgan fingerprint density at radius 3 is 2.50 bits per heavy atom. The molecule has 2 atom stereocenters. The number of carbonyl (C=O) groups excluding carboxylic acids is 2. The van der Waals surface area contributed by atoms with Gasteiger partial charge in [-0.2, -0.15) is 0 Å². The first-order valence-electron chi connectivity index (χ1n) is 9.32. The van der Waals surface area contributed by atoms with Crippen LogP contribution in [0.5, 0.6) is 11.5 Å². The van der Waals surface area contributed by atoms with Gasteiger partial charge < -0.3 is 39.7 Å². The van der Waals surface area contributed by atoms with Crippen molar-refractivity contribution in [1.82, 2.24) is 5.32 Å². The molecule has 1 aliphatic heterocycles. The van der Waals surface area contributed by atoms with Gasteiger partial charge >= 0.3 is 5.79 Å². The number of ether oxygens (including phenoxy) is 2. The molecule has 160 valence electrons. The number of nitrogens with one attached hydrogen (secondary N) is 1. The predicted molar refractivity (Wildman–Crippen MR) is 103 cm³/mol. The molecular weight excluding hydrogens is 414 g/mol. The van der Waals surface area contributed by atoms with E-state index in [2.05, 4.69) is 5.32 Å². The fourth-order valence-electron chi connectivity index (χ4n) is 3.08. The molecule has 0 fully saturated rings. The summed E-state index contributed by atoms with van der Waals surface area (Å²) in [7, 11) is 0. The monoisotopic (exact) mass is 433 g/mol. The molecule has 1 aliphatic rings. The van der Waals surface area contributed by atoms with Crippen molar-refractivity contribution in [1.29, 1.82) is 0 Å². The summed E-state index contributed by atoms with van der Waals surface area (Å²) in [4.78, 5) is 22.3. The summed E-state index contributed by atoms with van der Waals surface area (Å²) in [5.41, 5.74) is 1.52. The third-order valence-corrected chi connectivity index (χ3v) is 5.05. The van der Waals surface area contributed by atoms with Crippen molar-refractivity contribution in [2.45, 2.75) is 37.7 Å². The van der Waals surface area contributed by atoms with E-state index in [-0.39, 0.29) is 17.5 Å². The van der Waals surface area contributed by atoms with Gasteiger partial charge in [0, 0.05) is 17.6 Å². The van der Waals surface area contributed by atoms with Crippen LogP contribution < -0.4 is 25.0 Å². The zero-order valence-corrected chi connectivity index (χ0v) is 16.8. The fourth-order valence-corrected chi connectivity index (χ4v) is 3.28. The molecule has 0 saturated carbocycles. The Morgan fingerprint density at radius 2 is 1.83 bits per heavy atom. The van der Waals surface area contributed by atoms with Crippen molar-refractivity contribution < 1.29 is 34.4 Å². The third-order valence-electron chi connectivity index (χ3n) is 4.81. The van der Waals surface area contributed by atoms with Gasteiger partial charge in [0.05, 0.1) is 6.10 Å². The lowest BCUT2D eigenvalue weighted by Gasteiger charge is -2.28. The van der Waals surface area contributed by atoms with Crippen LogP contribution in [-0.2, 0) is 16.0 Å². The largest absolute Gasteiger partial charge is 0.542 e. The van der Waals surface area contributed by atoms with E-state index >= 15 is 0 Å². The second kappa shape index (κ2) is 8.91. The van der Waals surface area contributed by atoms with E-state index < -0.39 is 23.8 Å². The number of aryl methyl sites for hydroxylation is 1. The normalized spacial score (nSPS) is 16.1. The summed E-state index contributed by atoms with van der Waals surface area (Å²) in [6, 6.07) is 11.8. The van der Waals surface area contributed by atoms with Gasteiger partial charge in [0.25, 0.3) is 0 Å². The van der Waals surface area contributed by atoms with E-state index in [1.807, 2.05) is 6.92 Å². The smallest absolute Gasteiger partial charge is 0.335 e. The molecule has 8 nitrogen and oxygen atoms in total. The van der Waals surface area contributed by atoms with E-state index in [1.165, 1.54) is 12.1 Å². The standard InChI is InChI=1S/C21H22ClNO7/c1-12(23-11-16(24)14-3-2-4-15(22)10-14)5-6-13-7-8-17-18(9-13)30-21(29-17,19(25)26)20(27)28/h2-4,7-10,12,16,23-24H,5-6,11H2,1H3,(H,25,26)(H,27,28)/p-2. The number of carbonyl (C=O) groups is 2. The van der Waals surface area contributed by atoms with Crippen LogP contribution in [0.3, 0.4) is 0 Å². The van der Waals surface area contributed by atoms with E-state index in [0.29, 0.717) is 24.4 Å². The molecule has 0 bridgehead atoms. The maximum absolute atomic E-state index is 11.2. The van der Waals surface area contributed by atoms with Crippen LogP contribution in [0.4, 0.5) is 0 Å². The number of halogens is 1. The SMILES string of the molecule is CC(CCc1ccc2c(c1)OC(C(=O)[O-])(C(=O)[O-])O2)NCC(O)c1cccc(Cl)c1. The second-order valence-electron chi connectivity index (χ2n) is 7.10. The summed E-state index contributed by atoms with van der Waals surface area (Å²) < 4.78 is 9.91. The van der Waals surface area contributed by atoms with Crippen molar-refractivity contribution in [2.75, 3.05) is 6.54 Å². The highest BCUT2D eigenvalue weighted by Gasteiger charge is 2.45. The summed E-state index contributed by atoms with van der Waals surface area (Å²) in [6.07, 6.45) is 0.606. The summed E-state index contributed by atoms with van der Waals surface area (Å²) in [6.45, 7) is 2.32. The highest BCUT2D eigenvalue weighted by Crippen LogP contribution is 2.40. The minimum Gasteiger partial charge on any atom is -0.542 e. The lowest BCUT2D eigenvalue weighted by Crippen LogP contribution is -2.64. The van der Waals surface area contributed by atoms with Crippen LogP contribution in [0.2, 0.25) is 5.02 Å². The molecule has 30 heavy (non-hydrogen) atoms. The summed E-state index contributed by atoms with van der Waals surface area (Å²) >= 11 is 5.94. The van der Waals surface area contributed by atoms with Gasteiger partial charge in [0.15, 0.2) is 11.5 Å². The first-order valence-corrected chi connectivity index (χ1v) is 9.70. The molecule has 0 aliphatic carbocycles. The topological polar surface area (TPSA) is 131 Å². The van der Waals surface area contributed by atoms with Crippen molar-refractivity contribution in [3.8, 4) is 11.5 Å². The first-order chi connectivity index (χ1) is 14.2. The number of carboxylic acids is 2.